The van der Waals surface area contributed by atoms with Crippen molar-refractivity contribution in [3.8, 4) is 17.2 Å². The van der Waals surface area contributed by atoms with Crippen molar-refractivity contribution in [2.24, 2.45) is 0 Å². The normalized spacial score (nSPS) is 12.8. The summed E-state index contributed by atoms with van der Waals surface area (Å²) >= 11 is 0. The Bertz CT molecular complexity index is 748. The molecule has 0 spiro atoms. The number of rotatable bonds is 8. The molecule has 2 atom stereocenters. The molecule has 6 nitrogen and oxygen atoms in total. The molecule has 0 aliphatic carbocycles. The Morgan fingerprint density at radius 3 is 2.27 bits per heavy atom. The number of ether oxygens (including phenoxy) is 3. The molecule has 0 saturated carbocycles. The quantitative estimate of drug-likeness (QED) is 0.757. The zero-order valence-electron chi connectivity index (χ0n) is 15.8. The number of amides is 1. The third-order valence-corrected chi connectivity index (χ3v) is 4.16. The van der Waals surface area contributed by atoms with Gasteiger partial charge in [-0.1, -0.05) is 12.1 Å². The van der Waals surface area contributed by atoms with Crippen molar-refractivity contribution in [2.75, 3.05) is 26.6 Å². The van der Waals surface area contributed by atoms with E-state index in [1.54, 1.807) is 33.5 Å². The summed E-state index contributed by atoms with van der Waals surface area (Å²) in [7, 11) is 4.81. The Kier molecular flexibility index (Phi) is 6.86. The third kappa shape index (κ3) is 4.67. The van der Waals surface area contributed by atoms with E-state index in [-0.39, 0.29) is 11.9 Å². The number of methoxy groups -OCH3 is 3. The summed E-state index contributed by atoms with van der Waals surface area (Å²) in [6, 6.07) is 12.4. The van der Waals surface area contributed by atoms with Crippen LogP contribution in [0.1, 0.15) is 25.5 Å². The Morgan fingerprint density at radius 1 is 0.923 bits per heavy atom. The number of para-hydroxylation sites is 2. The van der Waals surface area contributed by atoms with Crippen molar-refractivity contribution in [1.29, 1.82) is 0 Å². The molecule has 140 valence electrons. The van der Waals surface area contributed by atoms with E-state index < -0.39 is 6.04 Å². The van der Waals surface area contributed by atoms with E-state index in [9.17, 15) is 4.79 Å². The van der Waals surface area contributed by atoms with Crippen LogP contribution in [-0.2, 0) is 4.79 Å². The molecule has 0 aromatic heterocycles. The van der Waals surface area contributed by atoms with E-state index in [4.69, 9.17) is 14.2 Å². The molecule has 0 fully saturated rings. The Morgan fingerprint density at radius 2 is 1.62 bits per heavy atom. The lowest BCUT2D eigenvalue weighted by Gasteiger charge is -2.22. The second kappa shape index (κ2) is 9.10. The number of benzene rings is 2. The van der Waals surface area contributed by atoms with Gasteiger partial charge in [-0.05, 0) is 44.2 Å². The highest BCUT2D eigenvalue weighted by molar-refractivity contribution is 5.95. The minimum atomic E-state index is -0.425. The first kappa shape index (κ1) is 19.6. The summed E-state index contributed by atoms with van der Waals surface area (Å²) in [5, 5.41) is 6.18. The fourth-order valence-corrected chi connectivity index (χ4v) is 2.71. The summed E-state index contributed by atoms with van der Waals surface area (Å²) in [4.78, 5) is 12.5. The maximum Gasteiger partial charge on any atom is 0.241 e. The molecule has 0 heterocycles. The van der Waals surface area contributed by atoms with Crippen LogP contribution in [-0.4, -0.2) is 33.3 Å². The molecule has 0 bridgehead atoms. The fourth-order valence-electron chi connectivity index (χ4n) is 2.71. The zero-order valence-corrected chi connectivity index (χ0v) is 15.8. The standard InChI is InChI=1S/C20H26N2O4/c1-13(16-12-15(24-3)10-11-18(16)25-4)21-14(2)20(23)22-17-8-6-7-9-19(17)26-5/h6-14,21H,1-5H3,(H,22,23). The van der Waals surface area contributed by atoms with Gasteiger partial charge in [0.05, 0.1) is 33.1 Å². The molecule has 26 heavy (non-hydrogen) atoms. The molecule has 1 amide bonds. The molecule has 0 saturated heterocycles. The molecule has 2 N–H and O–H groups in total. The largest absolute Gasteiger partial charge is 0.497 e. The van der Waals surface area contributed by atoms with Crippen molar-refractivity contribution in [2.45, 2.75) is 25.9 Å². The van der Waals surface area contributed by atoms with Crippen LogP contribution in [0.25, 0.3) is 0 Å². The number of hydrogen-bond acceptors (Lipinski definition) is 5. The second-order valence-corrected chi connectivity index (χ2v) is 5.91. The molecule has 6 heteroatoms. The summed E-state index contributed by atoms with van der Waals surface area (Å²) < 4.78 is 16.0. The van der Waals surface area contributed by atoms with E-state index in [1.165, 1.54) is 0 Å². The van der Waals surface area contributed by atoms with E-state index in [0.29, 0.717) is 11.4 Å². The third-order valence-electron chi connectivity index (χ3n) is 4.16. The second-order valence-electron chi connectivity index (χ2n) is 5.91. The van der Waals surface area contributed by atoms with E-state index in [0.717, 1.165) is 17.1 Å². The van der Waals surface area contributed by atoms with Gasteiger partial charge in [0.15, 0.2) is 0 Å². The van der Waals surface area contributed by atoms with E-state index in [1.807, 2.05) is 44.2 Å². The monoisotopic (exact) mass is 358 g/mol. The summed E-state index contributed by atoms with van der Waals surface area (Å²) in [6.45, 7) is 3.79. The van der Waals surface area contributed by atoms with Crippen molar-refractivity contribution < 1.29 is 19.0 Å². The summed E-state index contributed by atoms with van der Waals surface area (Å²) in [5.41, 5.74) is 1.56. The van der Waals surface area contributed by atoms with Crippen LogP contribution < -0.4 is 24.8 Å². The smallest absolute Gasteiger partial charge is 0.241 e. The highest BCUT2D eigenvalue weighted by Crippen LogP contribution is 2.29. The van der Waals surface area contributed by atoms with Gasteiger partial charge in [0.25, 0.3) is 0 Å². The predicted octanol–water partition coefficient (Wildman–Crippen LogP) is 3.39. The maximum absolute atomic E-state index is 12.5. The van der Waals surface area contributed by atoms with Gasteiger partial charge in [0.1, 0.15) is 17.2 Å². The van der Waals surface area contributed by atoms with Crippen LogP contribution in [0.5, 0.6) is 17.2 Å². The lowest BCUT2D eigenvalue weighted by Crippen LogP contribution is -2.39. The van der Waals surface area contributed by atoms with Crippen molar-refractivity contribution in [1.82, 2.24) is 5.32 Å². The molecule has 0 aliphatic rings. The Hall–Kier alpha value is -2.73. The van der Waals surface area contributed by atoms with Crippen LogP contribution in [0.4, 0.5) is 5.69 Å². The number of nitrogens with one attached hydrogen (secondary N) is 2. The number of carbonyl (C=O) groups is 1. The topological polar surface area (TPSA) is 68.8 Å². The molecule has 2 unspecified atom stereocenters. The van der Waals surface area contributed by atoms with Crippen LogP contribution in [0.15, 0.2) is 42.5 Å². The fraction of sp³-hybridized carbons (Fsp3) is 0.350. The van der Waals surface area contributed by atoms with Crippen molar-refractivity contribution in [3.63, 3.8) is 0 Å². The number of hydrogen-bond donors (Lipinski definition) is 2. The van der Waals surface area contributed by atoms with Gasteiger partial charge in [0.2, 0.25) is 5.91 Å². The van der Waals surface area contributed by atoms with Gasteiger partial charge in [-0.3, -0.25) is 10.1 Å². The summed E-state index contributed by atoms with van der Waals surface area (Å²) in [6.07, 6.45) is 0. The lowest BCUT2D eigenvalue weighted by molar-refractivity contribution is -0.118. The number of anilines is 1. The van der Waals surface area contributed by atoms with Gasteiger partial charge in [0, 0.05) is 11.6 Å². The van der Waals surface area contributed by atoms with Crippen LogP contribution >= 0.6 is 0 Å². The highest BCUT2D eigenvalue weighted by atomic mass is 16.5. The molecule has 0 aliphatic heterocycles. The molecular weight excluding hydrogens is 332 g/mol. The van der Waals surface area contributed by atoms with Crippen LogP contribution in [0, 0.1) is 0 Å². The van der Waals surface area contributed by atoms with Gasteiger partial charge in [-0.15, -0.1) is 0 Å². The van der Waals surface area contributed by atoms with Crippen LogP contribution in [0.3, 0.4) is 0 Å². The average Bonchev–Trinajstić information content (AvgIpc) is 2.67. The molecule has 0 radical (unpaired) electrons. The zero-order chi connectivity index (χ0) is 19.1. The Labute approximate surface area is 154 Å². The lowest BCUT2D eigenvalue weighted by atomic mass is 10.1. The summed E-state index contributed by atoms with van der Waals surface area (Å²) in [5.74, 6) is 1.95. The maximum atomic E-state index is 12.5. The predicted molar refractivity (Wildman–Crippen MR) is 102 cm³/mol. The molecule has 2 aromatic rings. The van der Waals surface area contributed by atoms with Crippen LogP contribution in [0.2, 0.25) is 0 Å². The van der Waals surface area contributed by atoms with E-state index >= 15 is 0 Å². The first-order chi connectivity index (χ1) is 12.5. The SMILES string of the molecule is COc1ccc(OC)c(C(C)NC(C)C(=O)Nc2ccccc2OC)c1. The molecule has 2 aromatic carbocycles. The first-order valence-electron chi connectivity index (χ1n) is 8.42. The van der Waals surface area contributed by atoms with Gasteiger partial charge >= 0.3 is 0 Å². The van der Waals surface area contributed by atoms with Gasteiger partial charge in [-0.2, -0.15) is 0 Å². The average molecular weight is 358 g/mol. The molecule has 2 rings (SSSR count). The first-order valence-corrected chi connectivity index (χ1v) is 8.42. The van der Waals surface area contributed by atoms with Gasteiger partial charge in [-0.25, -0.2) is 0 Å². The van der Waals surface area contributed by atoms with Crippen molar-refractivity contribution in [3.05, 3.63) is 48.0 Å². The van der Waals surface area contributed by atoms with Gasteiger partial charge < -0.3 is 19.5 Å². The van der Waals surface area contributed by atoms with E-state index in [2.05, 4.69) is 10.6 Å². The minimum absolute atomic E-state index is 0.113. The Balaban J connectivity index is 2.09. The molecular formula is C20H26N2O4. The minimum Gasteiger partial charge on any atom is -0.497 e. The highest BCUT2D eigenvalue weighted by Gasteiger charge is 2.20. The number of carbonyl (C=O) groups excluding carboxylic acids is 1. The van der Waals surface area contributed by atoms with Crippen molar-refractivity contribution >= 4 is 11.6 Å².